The zero-order chi connectivity index (χ0) is 9.90. The van der Waals surface area contributed by atoms with Crippen LogP contribution in [0.5, 0.6) is 0 Å². The molecule has 0 fully saturated rings. The van der Waals surface area contributed by atoms with Crippen LogP contribution in [0.3, 0.4) is 0 Å². The summed E-state index contributed by atoms with van der Waals surface area (Å²) in [5, 5.41) is 13.0. The molecule has 0 aliphatic rings. The maximum absolute atomic E-state index is 8.84. The molecule has 1 aromatic heterocycles. The first-order chi connectivity index (χ1) is 6.07. The van der Waals surface area contributed by atoms with E-state index in [1.54, 1.807) is 0 Å². The van der Waals surface area contributed by atoms with Crippen molar-refractivity contribution in [3.8, 4) is 6.07 Å². The Balaban J connectivity index is 2.70. The summed E-state index contributed by atoms with van der Waals surface area (Å²) in [4.78, 5) is 0. The second-order valence-corrected chi connectivity index (χ2v) is 3.88. The summed E-state index contributed by atoms with van der Waals surface area (Å²) in [7, 11) is 0. The lowest BCUT2D eigenvalue weighted by atomic mass is 9.89. The van der Waals surface area contributed by atoms with Crippen LogP contribution in [-0.2, 0) is 13.0 Å². The highest BCUT2D eigenvalue weighted by molar-refractivity contribution is 5.10. The normalized spacial score (nSPS) is 11.2. The average molecular weight is 177 g/mol. The van der Waals surface area contributed by atoms with Crippen LogP contribution < -0.4 is 0 Å². The molecular weight excluding hydrogens is 162 g/mol. The highest BCUT2D eigenvalue weighted by Gasteiger charge is 2.17. The molecule has 0 radical (unpaired) electrons. The molecule has 3 heteroatoms. The smallest absolute Gasteiger partial charge is 0.0687 e. The molecule has 0 amide bonds. The molecule has 0 bridgehead atoms. The van der Waals surface area contributed by atoms with Gasteiger partial charge in [-0.1, -0.05) is 0 Å². The Labute approximate surface area is 79.0 Å². The fourth-order valence-corrected chi connectivity index (χ4v) is 1.22. The third-order valence-corrected chi connectivity index (χ3v) is 1.96. The maximum Gasteiger partial charge on any atom is 0.0687 e. The summed E-state index contributed by atoms with van der Waals surface area (Å²) in [6.45, 7) is 6.81. The van der Waals surface area contributed by atoms with Gasteiger partial charge in [-0.2, -0.15) is 10.4 Å². The number of hydrogen-bond donors (Lipinski definition) is 0. The van der Waals surface area contributed by atoms with Gasteiger partial charge in [-0.15, -0.1) is 0 Å². The summed E-state index contributed by atoms with van der Waals surface area (Å²) in [5.41, 5.74) is 0.843. The van der Waals surface area contributed by atoms with Gasteiger partial charge in [0.05, 0.1) is 17.7 Å². The summed E-state index contributed by atoms with van der Waals surface area (Å²) in [6.07, 6.45) is 4.60. The predicted octanol–water partition coefficient (Wildman–Crippen LogP) is 2.00. The molecule has 1 rings (SSSR count). The van der Waals surface area contributed by atoms with Gasteiger partial charge in [0.25, 0.3) is 0 Å². The summed E-state index contributed by atoms with van der Waals surface area (Å²) in [5.74, 6) is 0. The van der Waals surface area contributed by atoms with Crippen LogP contribution in [0.4, 0.5) is 0 Å². The molecule has 1 aromatic rings. The minimum Gasteiger partial charge on any atom is -0.273 e. The molecular formula is C10H15N3. The third kappa shape index (κ3) is 2.59. The van der Waals surface area contributed by atoms with Crippen LogP contribution in [0, 0.1) is 16.7 Å². The molecule has 0 saturated carbocycles. The number of aromatic nitrogens is 2. The lowest BCUT2D eigenvalue weighted by Crippen LogP contribution is -2.11. The van der Waals surface area contributed by atoms with E-state index in [1.165, 1.54) is 0 Å². The van der Waals surface area contributed by atoms with Crippen LogP contribution in [0.2, 0.25) is 0 Å². The molecule has 1 heterocycles. The van der Waals surface area contributed by atoms with E-state index in [0.717, 1.165) is 18.5 Å². The van der Waals surface area contributed by atoms with E-state index >= 15 is 0 Å². The van der Waals surface area contributed by atoms with Crippen molar-refractivity contribution in [2.24, 2.45) is 5.41 Å². The summed E-state index contributed by atoms with van der Waals surface area (Å²) < 4.78 is 1.88. The first-order valence-electron chi connectivity index (χ1n) is 4.50. The number of hydrogen-bond acceptors (Lipinski definition) is 2. The average Bonchev–Trinajstić information content (AvgIpc) is 2.52. The van der Waals surface area contributed by atoms with Crippen LogP contribution >= 0.6 is 0 Å². The molecule has 0 N–H and O–H groups in total. The van der Waals surface area contributed by atoms with Gasteiger partial charge in [0.2, 0.25) is 0 Å². The molecule has 3 nitrogen and oxygen atoms in total. The monoisotopic (exact) mass is 177 g/mol. The standard InChI is InChI=1S/C10H15N3/c1-4-13-7-9(6-12-13)5-10(2,3)8-11/h6-7H,4-5H2,1-3H3. The Morgan fingerprint density at radius 1 is 1.62 bits per heavy atom. The zero-order valence-electron chi connectivity index (χ0n) is 8.41. The number of nitriles is 1. The van der Waals surface area contributed by atoms with Crippen molar-refractivity contribution < 1.29 is 0 Å². The molecule has 0 spiro atoms. The van der Waals surface area contributed by atoms with Crippen molar-refractivity contribution in [2.45, 2.75) is 33.7 Å². The van der Waals surface area contributed by atoms with Crippen LogP contribution in [0.15, 0.2) is 12.4 Å². The Morgan fingerprint density at radius 2 is 2.31 bits per heavy atom. The minimum atomic E-state index is -0.290. The largest absolute Gasteiger partial charge is 0.273 e. The minimum absolute atomic E-state index is 0.290. The summed E-state index contributed by atoms with van der Waals surface area (Å²) in [6, 6.07) is 2.28. The number of aryl methyl sites for hydroxylation is 1. The van der Waals surface area contributed by atoms with E-state index in [0.29, 0.717) is 0 Å². The SMILES string of the molecule is CCn1cc(CC(C)(C)C#N)cn1. The van der Waals surface area contributed by atoms with E-state index in [9.17, 15) is 0 Å². The fraction of sp³-hybridized carbons (Fsp3) is 0.600. The van der Waals surface area contributed by atoms with Crippen LogP contribution in [-0.4, -0.2) is 9.78 Å². The van der Waals surface area contributed by atoms with Gasteiger partial charge in [0.1, 0.15) is 0 Å². The quantitative estimate of drug-likeness (QED) is 0.708. The van der Waals surface area contributed by atoms with E-state index < -0.39 is 0 Å². The second-order valence-electron chi connectivity index (χ2n) is 3.88. The highest BCUT2D eigenvalue weighted by atomic mass is 15.3. The predicted molar refractivity (Wildman–Crippen MR) is 51.0 cm³/mol. The molecule has 0 aromatic carbocycles. The first kappa shape index (κ1) is 9.79. The molecule has 0 aliphatic heterocycles. The Morgan fingerprint density at radius 3 is 2.77 bits per heavy atom. The van der Waals surface area contributed by atoms with Gasteiger partial charge in [0, 0.05) is 12.7 Å². The lowest BCUT2D eigenvalue weighted by molar-refractivity contribution is 0.493. The highest BCUT2D eigenvalue weighted by Crippen LogP contribution is 2.19. The molecule has 0 saturated heterocycles. The van der Waals surface area contributed by atoms with Crippen LogP contribution in [0.25, 0.3) is 0 Å². The van der Waals surface area contributed by atoms with Crippen molar-refractivity contribution in [3.05, 3.63) is 18.0 Å². The van der Waals surface area contributed by atoms with E-state index in [2.05, 4.69) is 11.2 Å². The van der Waals surface area contributed by atoms with Gasteiger partial charge >= 0.3 is 0 Å². The van der Waals surface area contributed by atoms with Gasteiger partial charge < -0.3 is 0 Å². The molecule has 0 aliphatic carbocycles. The van der Waals surface area contributed by atoms with E-state index in [-0.39, 0.29) is 5.41 Å². The Bertz CT molecular complexity index is 317. The fourth-order valence-electron chi connectivity index (χ4n) is 1.22. The summed E-state index contributed by atoms with van der Waals surface area (Å²) >= 11 is 0. The first-order valence-corrected chi connectivity index (χ1v) is 4.50. The van der Waals surface area contributed by atoms with Crippen molar-refractivity contribution in [1.82, 2.24) is 9.78 Å². The maximum atomic E-state index is 8.84. The van der Waals surface area contributed by atoms with Gasteiger partial charge in [0.15, 0.2) is 0 Å². The van der Waals surface area contributed by atoms with E-state index in [4.69, 9.17) is 5.26 Å². The van der Waals surface area contributed by atoms with Gasteiger partial charge in [-0.05, 0) is 32.8 Å². The Hall–Kier alpha value is -1.30. The molecule has 13 heavy (non-hydrogen) atoms. The zero-order valence-corrected chi connectivity index (χ0v) is 8.41. The number of rotatable bonds is 3. The number of nitrogens with zero attached hydrogens (tertiary/aromatic N) is 3. The molecule has 70 valence electrons. The van der Waals surface area contributed by atoms with Crippen molar-refractivity contribution in [2.75, 3.05) is 0 Å². The third-order valence-electron chi connectivity index (χ3n) is 1.96. The second kappa shape index (κ2) is 3.61. The topological polar surface area (TPSA) is 41.6 Å². The molecule has 0 unspecified atom stereocenters. The van der Waals surface area contributed by atoms with Gasteiger partial charge in [-0.25, -0.2) is 0 Å². The van der Waals surface area contributed by atoms with Crippen molar-refractivity contribution >= 4 is 0 Å². The molecule has 0 atom stereocenters. The lowest BCUT2D eigenvalue weighted by Gasteiger charge is -2.12. The Kier molecular flexibility index (Phi) is 2.72. The van der Waals surface area contributed by atoms with Crippen molar-refractivity contribution in [3.63, 3.8) is 0 Å². The van der Waals surface area contributed by atoms with E-state index in [1.807, 2.05) is 37.8 Å². The van der Waals surface area contributed by atoms with Crippen molar-refractivity contribution in [1.29, 1.82) is 5.26 Å². The van der Waals surface area contributed by atoms with Crippen LogP contribution in [0.1, 0.15) is 26.3 Å². The van der Waals surface area contributed by atoms with Gasteiger partial charge in [-0.3, -0.25) is 4.68 Å².